The summed E-state index contributed by atoms with van der Waals surface area (Å²) in [6.45, 7) is 0.224. The van der Waals surface area contributed by atoms with E-state index in [1.54, 1.807) is 18.2 Å². The lowest BCUT2D eigenvalue weighted by Gasteiger charge is -2.10. The lowest BCUT2D eigenvalue weighted by atomic mass is 10.2. The molecule has 0 saturated heterocycles. The van der Waals surface area contributed by atoms with Gasteiger partial charge < -0.3 is 10.5 Å². The van der Waals surface area contributed by atoms with E-state index in [9.17, 15) is 13.2 Å². The summed E-state index contributed by atoms with van der Waals surface area (Å²) in [5, 5.41) is 0. The molecule has 0 fully saturated rings. The van der Waals surface area contributed by atoms with E-state index in [4.69, 9.17) is 5.73 Å². The van der Waals surface area contributed by atoms with Crippen LogP contribution in [0.1, 0.15) is 12.8 Å². The first-order valence-electron chi connectivity index (χ1n) is 5.85. The maximum absolute atomic E-state index is 11.8. The Kier molecular flexibility index (Phi) is 5.94. The molecule has 0 saturated carbocycles. The second-order valence-corrected chi connectivity index (χ2v) is 5.75. The molecule has 1 aromatic rings. The highest BCUT2D eigenvalue weighted by Crippen LogP contribution is 2.07. The Balaban J connectivity index is 2.39. The minimum Gasteiger partial charge on any atom is -0.468 e. The molecule has 0 bridgehead atoms. The lowest BCUT2D eigenvalue weighted by molar-refractivity contribution is -0.142. The number of esters is 1. The van der Waals surface area contributed by atoms with Gasteiger partial charge in [-0.2, -0.15) is 0 Å². The molecule has 0 aliphatic heterocycles. The van der Waals surface area contributed by atoms with Crippen LogP contribution >= 0.6 is 0 Å². The van der Waals surface area contributed by atoms with E-state index in [0.29, 0.717) is 12.8 Å². The third-order valence-electron chi connectivity index (χ3n) is 2.54. The number of carbonyl (C=O) groups is 1. The van der Waals surface area contributed by atoms with Gasteiger partial charge in [0.2, 0.25) is 10.0 Å². The average Bonchev–Trinajstić information content (AvgIpc) is 2.43. The van der Waals surface area contributed by atoms with Gasteiger partial charge in [0.25, 0.3) is 0 Å². The summed E-state index contributed by atoms with van der Waals surface area (Å²) in [6.07, 6.45) is 0.826. The van der Waals surface area contributed by atoms with Crippen molar-refractivity contribution >= 4 is 16.0 Å². The van der Waals surface area contributed by atoms with Crippen molar-refractivity contribution in [3.8, 4) is 0 Å². The van der Waals surface area contributed by atoms with Crippen LogP contribution in [0.5, 0.6) is 0 Å². The number of nitrogens with two attached hydrogens (primary N) is 1. The van der Waals surface area contributed by atoms with E-state index >= 15 is 0 Å². The van der Waals surface area contributed by atoms with Crippen LogP contribution in [0.4, 0.5) is 0 Å². The van der Waals surface area contributed by atoms with Gasteiger partial charge in [0.05, 0.1) is 12.0 Å². The van der Waals surface area contributed by atoms with Gasteiger partial charge >= 0.3 is 5.97 Å². The number of hydrogen-bond donors (Lipinski definition) is 2. The van der Waals surface area contributed by atoms with Gasteiger partial charge in [-0.1, -0.05) is 18.2 Å². The number of carbonyl (C=O) groups excluding carboxylic acids is 1. The van der Waals surface area contributed by atoms with Gasteiger partial charge in [0.15, 0.2) is 0 Å². The van der Waals surface area contributed by atoms with Crippen LogP contribution in [0, 0.1) is 0 Å². The molecule has 19 heavy (non-hydrogen) atoms. The quantitative estimate of drug-likeness (QED) is 0.553. The minimum absolute atomic E-state index is 0.215. The molecule has 1 atom stereocenters. The molecule has 1 aromatic carbocycles. The molecule has 3 N–H and O–H groups in total. The first kappa shape index (κ1) is 15.6. The number of ether oxygens (including phenoxy) is 1. The van der Waals surface area contributed by atoms with Crippen LogP contribution in [0.2, 0.25) is 0 Å². The zero-order chi connectivity index (χ0) is 14.3. The maximum Gasteiger partial charge on any atom is 0.322 e. The summed E-state index contributed by atoms with van der Waals surface area (Å²) in [5.74, 6) is -0.495. The Morgan fingerprint density at radius 3 is 2.58 bits per heavy atom. The monoisotopic (exact) mass is 286 g/mol. The summed E-state index contributed by atoms with van der Waals surface area (Å²) in [6, 6.07) is 7.37. The van der Waals surface area contributed by atoms with Gasteiger partial charge in [-0.25, -0.2) is 13.1 Å². The highest BCUT2D eigenvalue weighted by Gasteiger charge is 2.15. The van der Waals surface area contributed by atoms with Crippen molar-refractivity contribution < 1.29 is 17.9 Å². The number of hydrogen-bond acceptors (Lipinski definition) is 5. The number of rotatable bonds is 7. The van der Waals surface area contributed by atoms with Gasteiger partial charge in [-0.3, -0.25) is 4.79 Å². The van der Waals surface area contributed by atoms with Gasteiger partial charge in [0.1, 0.15) is 6.04 Å². The lowest BCUT2D eigenvalue weighted by Crippen LogP contribution is -2.33. The highest BCUT2D eigenvalue weighted by atomic mass is 32.2. The van der Waals surface area contributed by atoms with Gasteiger partial charge in [0, 0.05) is 6.54 Å². The molecule has 0 unspecified atom stereocenters. The second kappa shape index (κ2) is 7.22. The molecule has 1 rings (SSSR count). The van der Waals surface area contributed by atoms with Crippen molar-refractivity contribution in [2.24, 2.45) is 5.73 Å². The fraction of sp³-hybridized carbons (Fsp3) is 0.417. The Labute approximate surface area is 113 Å². The van der Waals surface area contributed by atoms with Crippen molar-refractivity contribution in [2.45, 2.75) is 23.8 Å². The third kappa shape index (κ3) is 4.98. The fourth-order valence-corrected chi connectivity index (χ4v) is 2.58. The molecule has 0 radical (unpaired) electrons. The van der Waals surface area contributed by atoms with E-state index in [1.807, 2.05) is 0 Å². The molecule has 0 heterocycles. The van der Waals surface area contributed by atoms with Gasteiger partial charge in [-0.05, 0) is 25.0 Å². The maximum atomic E-state index is 11.8. The Morgan fingerprint density at radius 2 is 2.00 bits per heavy atom. The van der Waals surface area contributed by atoms with Crippen LogP contribution in [-0.2, 0) is 19.6 Å². The smallest absolute Gasteiger partial charge is 0.322 e. The topological polar surface area (TPSA) is 98.5 Å². The average molecular weight is 286 g/mol. The largest absolute Gasteiger partial charge is 0.468 e. The summed E-state index contributed by atoms with van der Waals surface area (Å²) in [7, 11) is -2.23. The van der Waals surface area contributed by atoms with Crippen molar-refractivity contribution in [3.05, 3.63) is 30.3 Å². The van der Waals surface area contributed by atoms with Crippen LogP contribution in [0.3, 0.4) is 0 Å². The van der Waals surface area contributed by atoms with Crippen LogP contribution in [0.15, 0.2) is 35.2 Å². The van der Waals surface area contributed by atoms with E-state index < -0.39 is 22.0 Å². The molecule has 0 aliphatic carbocycles. The summed E-state index contributed by atoms with van der Waals surface area (Å²) < 4.78 is 30.6. The first-order chi connectivity index (χ1) is 8.97. The third-order valence-corrected chi connectivity index (χ3v) is 4.02. The zero-order valence-corrected chi connectivity index (χ0v) is 11.5. The number of benzene rings is 1. The number of sulfonamides is 1. The van der Waals surface area contributed by atoms with Crippen LogP contribution < -0.4 is 10.5 Å². The Hall–Kier alpha value is -1.44. The summed E-state index contributed by atoms with van der Waals surface area (Å²) in [5.41, 5.74) is 5.54. The summed E-state index contributed by atoms with van der Waals surface area (Å²) in [4.78, 5) is 11.3. The van der Waals surface area contributed by atoms with E-state index in [0.717, 1.165) is 0 Å². The van der Waals surface area contributed by atoms with Gasteiger partial charge in [-0.15, -0.1) is 0 Å². The van der Waals surface area contributed by atoms with Crippen molar-refractivity contribution in [3.63, 3.8) is 0 Å². The molecule has 0 amide bonds. The van der Waals surface area contributed by atoms with E-state index in [1.165, 1.54) is 19.2 Å². The SMILES string of the molecule is COC(=O)[C@@H](N)CCCNS(=O)(=O)c1ccccc1. The van der Waals surface area contributed by atoms with Crippen LogP contribution in [0.25, 0.3) is 0 Å². The molecule has 0 aliphatic rings. The fourth-order valence-electron chi connectivity index (χ4n) is 1.48. The molecular weight excluding hydrogens is 268 g/mol. The van der Waals surface area contributed by atoms with Crippen molar-refractivity contribution in [1.82, 2.24) is 4.72 Å². The van der Waals surface area contributed by atoms with E-state index in [2.05, 4.69) is 9.46 Å². The molecule has 0 aromatic heterocycles. The molecule has 0 spiro atoms. The number of nitrogens with one attached hydrogen (secondary N) is 1. The normalized spacial score (nSPS) is 12.9. The molecule has 106 valence electrons. The molecule has 7 heteroatoms. The minimum atomic E-state index is -3.49. The summed E-state index contributed by atoms with van der Waals surface area (Å²) >= 11 is 0. The van der Waals surface area contributed by atoms with Crippen molar-refractivity contribution in [2.75, 3.05) is 13.7 Å². The van der Waals surface area contributed by atoms with Crippen LogP contribution in [-0.4, -0.2) is 34.1 Å². The standard InChI is InChI=1S/C12H18N2O4S/c1-18-12(15)11(13)8-5-9-14-19(16,17)10-6-3-2-4-7-10/h2-4,6-7,11,14H,5,8-9,13H2,1H3/t11-/m0/s1. The Bertz CT molecular complexity index is 502. The zero-order valence-electron chi connectivity index (χ0n) is 10.7. The number of methoxy groups -OCH3 is 1. The second-order valence-electron chi connectivity index (χ2n) is 3.98. The predicted molar refractivity (Wildman–Crippen MR) is 70.9 cm³/mol. The molecular formula is C12H18N2O4S. The predicted octanol–water partition coefficient (Wildman–Crippen LogP) is 0.245. The first-order valence-corrected chi connectivity index (χ1v) is 7.34. The Morgan fingerprint density at radius 1 is 1.37 bits per heavy atom. The van der Waals surface area contributed by atoms with Crippen molar-refractivity contribution in [1.29, 1.82) is 0 Å². The highest BCUT2D eigenvalue weighted by molar-refractivity contribution is 7.89. The molecule has 6 nitrogen and oxygen atoms in total. The van der Waals surface area contributed by atoms with E-state index in [-0.39, 0.29) is 11.4 Å².